The molecule has 1 aliphatic heterocycles. The van der Waals surface area contributed by atoms with Crippen molar-refractivity contribution in [3.05, 3.63) is 101 Å². The molecule has 0 saturated heterocycles. The highest BCUT2D eigenvalue weighted by Crippen LogP contribution is 2.39. The number of carbonyl (C=O) groups is 1. The van der Waals surface area contributed by atoms with Gasteiger partial charge in [-0.15, -0.1) is 0 Å². The first-order valence-corrected chi connectivity index (χ1v) is 12.9. The van der Waals surface area contributed by atoms with Crippen LogP contribution >= 0.6 is 0 Å². The number of nitrogens with one attached hydrogen (secondary N) is 1. The minimum absolute atomic E-state index is 0.107. The number of β-amino-alcohol motifs (C(OH)–C–C–N with tert-alkyl or cyclic N) is 1. The van der Waals surface area contributed by atoms with Crippen LogP contribution in [0.4, 0.5) is 5.69 Å². The van der Waals surface area contributed by atoms with Crippen molar-refractivity contribution in [1.82, 2.24) is 10.3 Å². The molecule has 3 N–H and O–H groups in total. The number of benzene rings is 2. The van der Waals surface area contributed by atoms with E-state index < -0.39 is 12.1 Å². The van der Waals surface area contributed by atoms with Gasteiger partial charge in [-0.2, -0.15) is 0 Å². The van der Waals surface area contributed by atoms with Crippen molar-refractivity contribution < 1.29 is 24.5 Å². The van der Waals surface area contributed by atoms with Gasteiger partial charge in [0.05, 0.1) is 17.0 Å². The van der Waals surface area contributed by atoms with Gasteiger partial charge in [-0.25, -0.2) is 9.78 Å². The number of aliphatic hydroxyl groups is 1. The molecule has 0 amide bonds. The number of aromatic carboxylic acids is 1. The zero-order chi connectivity index (χ0) is 27.4. The van der Waals surface area contributed by atoms with Gasteiger partial charge in [0, 0.05) is 41.9 Å². The summed E-state index contributed by atoms with van der Waals surface area (Å²) in [7, 11) is 0. The number of allylic oxidation sites excluding steroid dienone is 3. The smallest absolute Gasteiger partial charge is 0.337 e. The van der Waals surface area contributed by atoms with Crippen molar-refractivity contribution >= 4 is 22.9 Å². The average molecular weight is 526 g/mol. The fourth-order valence-electron chi connectivity index (χ4n) is 4.62. The van der Waals surface area contributed by atoms with Crippen LogP contribution in [-0.4, -0.2) is 51.7 Å². The summed E-state index contributed by atoms with van der Waals surface area (Å²) >= 11 is 0. The minimum atomic E-state index is -1.03. The minimum Gasteiger partial charge on any atom is -0.490 e. The molecule has 0 saturated carbocycles. The Labute approximate surface area is 227 Å². The second-order valence-electron chi connectivity index (χ2n) is 10.3. The van der Waals surface area contributed by atoms with Crippen LogP contribution in [0.15, 0.2) is 89.8 Å². The molecule has 200 valence electrons. The molecule has 0 radical (unpaired) electrons. The Kier molecular flexibility index (Phi) is 7.58. The van der Waals surface area contributed by atoms with Crippen molar-refractivity contribution in [3.63, 3.8) is 0 Å². The van der Waals surface area contributed by atoms with E-state index in [4.69, 9.17) is 19.6 Å². The molecule has 1 aromatic heterocycles. The first kappa shape index (κ1) is 26.3. The third-order valence-corrected chi connectivity index (χ3v) is 6.57. The highest BCUT2D eigenvalue weighted by molar-refractivity contribution is 6.30. The number of pyridine rings is 1. The van der Waals surface area contributed by atoms with Gasteiger partial charge < -0.3 is 25.0 Å². The van der Waals surface area contributed by atoms with Crippen LogP contribution in [0.5, 0.6) is 11.6 Å². The SMILES string of the molecule is CC(C)(Cc1ccc(Oc2ccc(C(=O)O)cn2)cc1)NCC(O)COC1=C2C(=Nc3ccccc32)CC=C1. The van der Waals surface area contributed by atoms with Gasteiger partial charge in [0.15, 0.2) is 0 Å². The van der Waals surface area contributed by atoms with Gasteiger partial charge in [-0.05, 0) is 56.2 Å². The van der Waals surface area contributed by atoms with Crippen LogP contribution in [0.3, 0.4) is 0 Å². The Morgan fingerprint density at radius 3 is 2.64 bits per heavy atom. The number of aliphatic imine (C=N–C) groups is 1. The lowest BCUT2D eigenvalue weighted by Gasteiger charge is -2.28. The maximum atomic E-state index is 11.0. The van der Waals surface area contributed by atoms with Crippen molar-refractivity contribution in [1.29, 1.82) is 0 Å². The molecule has 8 heteroatoms. The molecule has 3 aromatic rings. The number of fused-ring (bicyclic) bond motifs is 3. The monoisotopic (exact) mass is 525 g/mol. The van der Waals surface area contributed by atoms with Gasteiger partial charge in [0.1, 0.15) is 24.2 Å². The fraction of sp³-hybridized carbons (Fsp3) is 0.258. The van der Waals surface area contributed by atoms with Crippen LogP contribution in [0.2, 0.25) is 0 Å². The van der Waals surface area contributed by atoms with E-state index in [1.54, 1.807) is 0 Å². The molecule has 2 heterocycles. The molecule has 5 rings (SSSR count). The second-order valence-corrected chi connectivity index (χ2v) is 10.3. The van der Waals surface area contributed by atoms with E-state index in [0.717, 1.165) is 46.7 Å². The van der Waals surface area contributed by atoms with Gasteiger partial charge in [-0.3, -0.25) is 4.99 Å². The van der Waals surface area contributed by atoms with Crippen molar-refractivity contribution in [3.8, 4) is 11.6 Å². The lowest BCUT2D eigenvalue weighted by atomic mass is 9.94. The van der Waals surface area contributed by atoms with Crippen molar-refractivity contribution in [2.75, 3.05) is 13.2 Å². The number of carboxylic acid groups (broad SMARTS) is 1. The highest BCUT2D eigenvalue weighted by Gasteiger charge is 2.26. The van der Waals surface area contributed by atoms with E-state index in [1.165, 1.54) is 18.3 Å². The van der Waals surface area contributed by atoms with Crippen LogP contribution in [-0.2, 0) is 11.2 Å². The predicted molar refractivity (Wildman–Crippen MR) is 150 cm³/mol. The van der Waals surface area contributed by atoms with E-state index in [2.05, 4.69) is 30.2 Å². The largest absolute Gasteiger partial charge is 0.490 e. The maximum Gasteiger partial charge on any atom is 0.337 e. The number of carboxylic acids is 1. The Balaban J connectivity index is 1.11. The normalized spacial score (nSPS) is 14.9. The first-order valence-electron chi connectivity index (χ1n) is 12.9. The molecule has 2 aromatic carbocycles. The molecule has 2 aliphatic rings. The molecular weight excluding hydrogens is 494 g/mol. The topological polar surface area (TPSA) is 113 Å². The number of para-hydroxylation sites is 1. The number of hydrogen-bond donors (Lipinski definition) is 3. The summed E-state index contributed by atoms with van der Waals surface area (Å²) < 4.78 is 11.8. The maximum absolute atomic E-state index is 11.0. The van der Waals surface area contributed by atoms with E-state index in [-0.39, 0.29) is 17.7 Å². The Hall–Kier alpha value is -4.27. The molecule has 1 atom stereocenters. The molecule has 0 spiro atoms. The van der Waals surface area contributed by atoms with Gasteiger partial charge in [0.2, 0.25) is 5.88 Å². The van der Waals surface area contributed by atoms with Crippen molar-refractivity contribution in [2.24, 2.45) is 4.99 Å². The average Bonchev–Trinajstić information content (AvgIpc) is 3.31. The van der Waals surface area contributed by atoms with E-state index in [1.807, 2.05) is 54.6 Å². The standard InChI is InChI=1S/C31H31N3O5/c1-31(2,16-20-10-13-23(14-11-20)39-28-15-12-21(17-32-28)30(36)37)33-18-22(35)19-38-27-9-5-8-26-29(27)24-6-3-4-7-25(24)34-26/h3-7,9-15,17,22,33,35H,8,16,18-19H2,1-2H3,(H,36,37). The first-order chi connectivity index (χ1) is 18.8. The quantitative estimate of drug-likeness (QED) is 0.311. The summed E-state index contributed by atoms with van der Waals surface area (Å²) in [6.45, 7) is 4.74. The molecule has 1 aliphatic carbocycles. The predicted octanol–water partition coefficient (Wildman–Crippen LogP) is 5.32. The van der Waals surface area contributed by atoms with Crippen LogP contribution in [0.25, 0.3) is 5.57 Å². The number of aromatic nitrogens is 1. The van der Waals surface area contributed by atoms with Crippen LogP contribution < -0.4 is 10.1 Å². The van der Waals surface area contributed by atoms with Crippen LogP contribution in [0.1, 0.15) is 41.8 Å². The zero-order valence-corrected chi connectivity index (χ0v) is 21.9. The molecule has 8 nitrogen and oxygen atoms in total. The molecule has 0 fully saturated rings. The van der Waals surface area contributed by atoms with Gasteiger partial charge in [0.25, 0.3) is 0 Å². The summed E-state index contributed by atoms with van der Waals surface area (Å²) in [5, 5.41) is 23.1. The van der Waals surface area contributed by atoms with Gasteiger partial charge in [-0.1, -0.05) is 36.4 Å². The fourth-order valence-corrected chi connectivity index (χ4v) is 4.62. The molecule has 1 unspecified atom stereocenters. The summed E-state index contributed by atoms with van der Waals surface area (Å²) in [5.74, 6) is 0.654. The Morgan fingerprint density at radius 1 is 1.10 bits per heavy atom. The van der Waals surface area contributed by atoms with Crippen LogP contribution in [0, 0.1) is 0 Å². The van der Waals surface area contributed by atoms with E-state index in [9.17, 15) is 9.90 Å². The number of aliphatic hydroxyl groups excluding tert-OH is 1. The second kappa shape index (κ2) is 11.2. The number of ether oxygens (including phenoxy) is 2. The number of rotatable bonds is 11. The van der Waals surface area contributed by atoms with Gasteiger partial charge >= 0.3 is 5.97 Å². The van der Waals surface area contributed by atoms with E-state index >= 15 is 0 Å². The van der Waals surface area contributed by atoms with E-state index in [0.29, 0.717) is 18.2 Å². The Bertz CT molecular complexity index is 1440. The third-order valence-electron chi connectivity index (χ3n) is 6.57. The van der Waals surface area contributed by atoms with Crippen molar-refractivity contribution in [2.45, 2.75) is 38.3 Å². The number of hydrogen-bond acceptors (Lipinski definition) is 7. The summed E-state index contributed by atoms with van der Waals surface area (Å²) in [6, 6.07) is 18.7. The lowest BCUT2D eigenvalue weighted by Crippen LogP contribution is -2.46. The Morgan fingerprint density at radius 2 is 1.90 bits per heavy atom. The third kappa shape index (κ3) is 6.42. The zero-order valence-electron chi connectivity index (χ0n) is 21.9. The summed E-state index contributed by atoms with van der Waals surface area (Å²) in [5.41, 5.74) is 5.00. The summed E-state index contributed by atoms with van der Waals surface area (Å²) in [6.07, 6.45) is 6.11. The molecule has 0 bridgehead atoms. The summed E-state index contributed by atoms with van der Waals surface area (Å²) in [4.78, 5) is 19.7. The highest BCUT2D eigenvalue weighted by atomic mass is 16.5. The number of nitrogens with zero attached hydrogens (tertiary/aromatic N) is 2. The molecule has 39 heavy (non-hydrogen) atoms. The molecular formula is C31H31N3O5. The lowest BCUT2D eigenvalue weighted by molar-refractivity contribution is 0.0696.